The second-order valence-corrected chi connectivity index (χ2v) is 4.40. The van der Waals surface area contributed by atoms with Gasteiger partial charge < -0.3 is 5.32 Å². The zero-order valence-electron chi connectivity index (χ0n) is 9.93. The number of nitrogens with zero attached hydrogens (tertiary/aromatic N) is 2. The summed E-state index contributed by atoms with van der Waals surface area (Å²) >= 11 is 5.57. The zero-order valence-corrected chi connectivity index (χ0v) is 10.7. The first-order valence-corrected chi connectivity index (χ1v) is 6.01. The molecule has 2 amide bonds. The van der Waals surface area contributed by atoms with E-state index in [2.05, 4.69) is 10.3 Å². The standard InChI is InChI=1S/C13H7ClFN3O2/c14-13(20)18-10-6-7(15)3-4-8(10)12(19)17-9-2-1-5-16-11(9)18/h1-6H,(H,17,19). The fraction of sp³-hybridized carbons (Fsp3) is 0. The van der Waals surface area contributed by atoms with E-state index in [-0.39, 0.29) is 17.1 Å². The molecule has 2 aromatic rings. The van der Waals surface area contributed by atoms with Crippen molar-refractivity contribution in [1.29, 1.82) is 0 Å². The Labute approximate surface area is 118 Å². The number of nitrogens with one attached hydrogen (secondary N) is 1. The molecule has 20 heavy (non-hydrogen) atoms. The molecule has 0 bridgehead atoms. The summed E-state index contributed by atoms with van der Waals surface area (Å²) in [5.74, 6) is -0.904. The molecule has 1 aromatic heterocycles. The van der Waals surface area contributed by atoms with Gasteiger partial charge in [-0.3, -0.25) is 9.59 Å². The lowest BCUT2D eigenvalue weighted by molar-refractivity contribution is 0.102. The number of carbonyl (C=O) groups is 2. The summed E-state index contributed by atoms with van der Waals surface area (Å²) < 4.78 is 13.4. The molecule has 0 atom stereocenters. The van der Waals surface area contributed by atoms with Gasteiger partial charge in [0.1, 0.15) is 5.82 Å². The van der Waals surface area contributed by atoms with Crippen molar-refractivity contribution in [2.24, 2.45) is 0 Å². The minimum atomic E-state index is -0.881. The van der Waals surface area contributed by atoms with Crippen LogP contribution in [0.1, 0.15) is 10.4 Å². The molecule has 0 saturated carbocycles. The average molecular weight is 292 g/mol. The van der Waals surface area contributed by atoms with E-state index in [9.17, 15) is 14.0 Å². The molecular formula is C13H7ClFN3O2. The number of benzene rings is 1. The summed E-state index contributed by atoms with van der Waals surface area (Å²) in [4.78, 5) is 28.8. The summed E-state index contributed by atoms with van der Waals surface area (Å²) in [5, 5.41) is 1.73. The van der Waals surface area contributed by atoms with E-state index in [1.807, 2.05) is 0 Å². The lowest BCUT2D eigenvalue weighted by Gasteiger charge is -2.19. The van der Waals surface area contributed by atoms with Gasteiger partial charge >= 0.3 is 5.37 Å². The first-order valence-electron chi connectivity index (χ1n) is 5.63. The number of carbonyl (C=O) groups excluding carboxylic acids is 2. The van der Waals surface area contributed by atoms with E-state index in [0.29, 0.717) is 5.69 Å². The lowest BCUT2D eigenvalue weighted by atomic mass is 10.1. The third-order valence-electron chi connectivity index (χ3n) is 2.87. The number of hydrogen-bond donors (Lipinski definition) is 1. The van der Waals surface area contributed by atoms with Crippen LogP contribution in [0, 0.1) is 5.82 Å². The quantitative estimate of drug-likeness (QED) is 0.598. The summed E-state index contributed by atoms with van der Waals surface area (Å²) in [6, 6.07) is 6.68. The smallest absolute Gasteiger partial charge is 0.319 e. The maximum absolute atomic E-state index is 13.4. The van der Waals surface area contributed by atoms with Crippen LogP contribution < -0.4 is 10.2 Å². The van der Waals surface area contributed by atoms with Crippen molar-refractivity contribution in [3.05, 3.63) is 47.9 Å². The highest BCUT2D eigenvalue weighted by atomic mass is 35.5. The minimum Gasteiger partial charge on any atom is -0.319 e. The predicted octanol–water partition coefficient (Wildman–Crippen LogP) is 3.28. The van der Waals surface area contributed by atoms with Crippen LogP contribution in [0.3, 0.4) is 0 Å². The van der Waals surface area contributed by atoms with Gasteiger partial charge in [0.15, 0.2) is 5.82 Å². The van der Waals surface area contributed by atoms with Crippen molar-refractivity contribution in [1.82, 2.24) is 4.98 Å². The Hall–Kier alpha value is -2.47. The Bertz CT molecular complexity index is 735. The maximum atomic E-state index is 13.4. The molecule has 0 fully saturated rings. The topological polar surface area (TPSA) is 62.3 Å². The second-order valence-electron chi connectivity index (χ2n) is 4.08. The number of amides is 2. The van der Waals surface area contributed by atoms with Crippen LogP contribution in [0.15, 0.2) is 36.5 Å². The number of anilines is 3. The predicted molar refractivity (Wildman–Crippen MR) is 72.0 cm³/mol. The highest BCUT2D eigenvalue weighted by Gasteiger charge is 2.29. The molecule has 0 aliphatic carbocycles. The van der Waals surface area contributed by atoms with Crippen molar-refractivity contribution < 1.29 is 14.0 Å². The van der Waals surface area contributed by atoms with Crippen LogP contribution in [0.5, 0.6) is 0 Å². The molecule has 0 radical (unpaired) electrons. The van der Waals surface area contributed by atoms with Gasteiger partial charge in [-0.2, -0.15) is 0 Å². The Morgan fingerprint density at radius 3 is 2.90 bits per heavy atom. The van der Waals surface area contributed by atoms with Gasteiger partial charge in [-0.15, -0.1) is 0 Å². The molecule has 5 nitrogen and oxygen atoms in total. The van der Waals surface area contributed by atoms with Crippen LogP contribution in [-0.2, 0) is 0 Å². The molecule has 2 heterocycles. The Balaban J connectivity index is 2.33. The minimum absolute atomic E-state index is 0.0555. The third kappa shape index (κ3) is 1.90. The Morgan fingerprint density at radius 1 is 1.35 bits per heavy atom. The maximum Gasteiger partial charge on any atom is 0.326 e. The van der Waals surface area contributed by atoms with Gasteiger partial charge in [-0.1, -0.05) is 0 Å². The molecule has 0 saturated heterocycles. The fourth-order valence-electron chi connectivity index (χ4n) is 2.04. The van der Waals surface area contributed by atoms with Crippen molar-refractivity contribution >= 4 is 40.1 Å². The first kappa shape index (κ1) is 12.6. The average Bonchev–Trinajstić information content (AvgIpc) is 2.52. The number of hydrogen-bond acceptors (Lipinski definition) is 3. The van der Waals surface area contributed by atoms with Crippen molar-refractivity contribution in [2.45, 2.75) is 0 Å². The molecule has 1 aliphatic heterocycles. The number of fused-ring (bicyclic) bond motifs is 2. The van der Waals surface area contributed by atoms with Crippen molar-refractivity contribution in [3.63, 3.8) is 0 Å². The van der Waals surface area contributed by atoms with Gasteiger partial charge in [-0.05, 0) is 41.9 Å². The van der Waals surface area contributed by atoms with Crippen molar-refractivity contribution in [2.75, 3.05) is 10.2 Å². The van der Waals surface area contributed by atoms with E-state index in [4.69, 9.17) is 11.6 Å². The van der Waals surface area contributed by atoms with Crippen LogP contribution >= 0.6 is 11.6 Å². The molecule has 100 valence electrons. The molecule has 0 spiro atoms. The van der Waals surface area contributed by atoms with Gasteiger partial charge in [0.2, 0.25) is 0 Å². The zero-order chi connectivity index (χ0) is 14.3. The highest BCUT2D eigenvalue weighted by molar-refractivity contribution is 6.67. The monoisotopic (exact) mass is 291 g/mol. The van der Waals surface area contributed by atoms with Gasteiger partial charge in [0, 0.05) is 6.20 Å². The molecule has 1 N–H and O–H groups in total. The van der Waals surface area contributed by atoms with Gasteiger partial charge in [-0.25, -0.2) is 14.3 Å². The highest BCUT2D eigenvalue weighted by Crippen LogP contribution is 2.37. The fourth-order valence-corrected chi connectivity index (χ4v) is 2.21. The van der Waals surface area contributed by atoms with Gasteiger partial charge in [0.05, 0.1) is 16.9 Å². The molecule has 7 heteroatoms. The molecular weight excluding hydrogens is 285 g/mol. The van der Waals surface area contributed by atoms with Crippen LogP contribution in [-0.4, -0.2) is 16.3 Å². The summed E-state index contributed by atoms with van der Waals surface area (Å²) in [6.07, 6.45) is 1.45. The first-order chi connectivity index (χ1) is 9.58. The largest absolute Gasteiger partial charge is 0.326 e. The summed E-state index contributed by atoms with van der Waals surface area (Å²) in [6.45, 7) is 0. The lowest BCUT2D eigenvalue weighted by Crippen LogP contribution is -2.21. The molecule has 1 aromatic carbocycles. The molecule has 3 rings (SSSR count). The molecule has 0 unspecified atom stereocenters. The summed E-state index contributed by atoms with van der Waals surface area (Å²) in [5.41, 5.74) is 0.515. The number of aromatic nitrogens is 1. The second kappa shape index (κ2) is 4.57. The normalized spacial score (nSPS) is 13.1. The van der Waals surface area contributed by atoms with Gasteiger partial charge in [0.25, 0.3) is 5.91 Å². The Kier molecular flexibility index (Phi) is 2.87. The summed E-state index contributed by atoms with van der Waals surface area (Å²) in [7, 11) is 0. The number of pyridine rings is 1. The van der Waals surface area contributed by atoms with Crippen molar-refractivity contribution in [3.8, 4) is 0 Å². The number of rotatable bonds is 0. The SMILES string of the molecule is O=C1Nc2cccnc2N(C(=O)Cl)c2cc(F)ccc21. The van der Waals surface area contributed by atoms with E-state index < -0.39 is 17.1 Å². The van der Waals surface area contributed by atoms with E-state index in [0.717, 1.165) is 17.0 Å². The van der Waals surface area contributed by atoms with E-state index in [1.165, 1.54) is 12.3 Å². The Morgan fingerprint density at radius 2 is 2.15 bits per heavy atom. The van der Waals surface area contributed by atoms with Crippen LogP contribution in [0.25, 0.3) is 0 Å². The van der Waals surface area contributed by atoms with Crippen LogP contribution in [0.2, 0.25) is 0 Å². The third-order valence-corrected chi connectivity index (χ3v) is 3.04. The molecule has 1 aliphatic rings. The van der Waals surface area contributed by atoms with E-state index >= 15 is 0 Å². The van der Waals surface area contributed by atoms with E-state index in [1.54, 1.807) is 12.1 Å². The van der Waals surface area contributed by atoms with Crippen LogP contribution in [0.4, 0.5) is 26.4 Å². The number of halogens is 2.